The highest BCUT2D eigenvalue weighted by molar-refractivity contribution is 7.00. The first-order chi connectivity index (χ1) is 32.2. The molecular formula is C64H70BN3. The van der Waals surface area contributed by atoms with Gasteiger partial charge in [0.15, 0.2) is 0 Å². The van der Waals surface area contributed by atoms with Crippen LogP contribution < -0.4 is 31.1 Å². The molecule has 4 aliphatic rings. The maximum atomic E-state index is 2.77. The van der Waals surface area contributed by atoms with Gasteiger partial charge in [-0.15, -0.1) is 0 Å². The molecule has 3 heterocycles. The molecule has 344 valence electrons. The van der Waals surface area contributed by atoms with Crippen LogP contribution in [0.3, 0.4) is 0 Å². The van der Waals surface area contributed by atoms with Gasteiger partial charge in [0.2, 0.25) is 0 Å². The van der Waals surface area contributed by atoms with Gasteiger partial charge in [0.25, 0.3) is 6.71 Å². The highest BCUT2D eigenvalue weighted by Gasteiger charge is 2.58. The number of benzene rings is 7. The molecule has 3 aliphatic heterocycles. The Morgan fingerprint density at radius 2 is 1.01 bits per heavy atom. The van der Waals surface area contributed by atoms with Crippen molar-refractivity contribution in [3.63, 3.8) is 0 Å². The molecule has 2 unspecified atom stereocenters. The number of anilines is 8. The van der Waals surface area contributed by atoms with Crippen molar-refractivity contribution in [3.8, 4) is 11.1 Å². The second kappa shape index (κ2) is 15.3. The van der Waals surface area contributed by atoms with Gasteiger partial charge in [-0.25, -0.2) is 0 Å². The molecule has 68 heavy (non-hydrogen) atoms. The summed E-state index contributed by atoms with van der Waals surface area (Å²) in [6.45, 7) is 30.6. The Kier molecular flexibility index (Phi) is 9.98. The SMILES string of the molecule is Cc1cc2c3c(c1)N(c1ccc(C(C)(C)C)cc1)c1cc(N4c5ccc(-c6ccccc6C)cc5C5(C)CCCCC45C)ccc1B3c1cc(C(C)(C)C)ccc1N2c1ccc(C(C)(C)C)cc1. The second-order valence-corrected chi connectivity index (χ2v) is 24.4. The van der Waals surface area contributed by atoms with Crippen molar-refractivity contribution in [3.05, 3.63) is 173 Å². The molecule has 7 aromatic carbocycles. The maximum absolute atomic E-state index is 2.77. The monoisotopic (exact) mass is 892 g/mol. The lowest BCUT2D eigenvalue weighted by atomic mass is 9.33. The van der Waals surface area contributed by atoms with E-state index in [0.717, 1.165) is 6.42 Å². The largest absolute Gasteiger partial charge is 0.334 e. The van der Waals surface area contributed by atoms with Gasteiger partial charge in [-0.1, -0.05) is 155 Å². The Bertz CT molecular complexity index is 3140. The maximum Gasteiger partial charge on any atom is 0.252 e. The fourth-order valence-corrected chi connectivity index (χ4v) is 12.7. The smallest absolute Gasteiger partial charge is 0.252 e. The first kappa shape index (κ1) is 44.5. The summed E-state index contributed by atoms with van der Waals surface area (Å²) in [5.74, 6) is 0. The van der Waals surface area contributed by atoms with Crippen LogP contribution in [0.4, 0.5) is 45.5 Å². The van der Waals surface area contributed by atoms with E-state index in [1.165, 1.54) is 126 Å². The lowest BCUT2D eigenvalue weighted by Crippen LogP contribution is -2.61. The molecule has 1 aliphatic carbocycles. The van der Waals surface area contributed by atoms with Crippen molar-refractivity contribution in [1.82, 2.24) is 0 Å². The quantitative estimate of drug-likeness (QED) is 0.163. The third kappa shape index (κ3) is 6.74. The van der Waals surface area contributed by atoms with Crippen molar-refractivity contribution in [2.24, 2.45) is 0 Å². The van der Waals surface area contributed by atoms with Crippen LogP contribution in [0.5, 0.6) is 0 Å². The van der Waals surface area contributed by atoms with Gasteiger partial charge in [-0.05, 0) is 177 Å². The number of nitrogens with zero attached hydrogens (tertiary/aromatic N) is 3. The van der Waals surface area contributed by atoms with Crippen molar-refractivity contribution in [2.45, 2.75) is 143 Å². The van der Waals surface area contributed by atoms with Crippen LogP contribution in [0.2, 0.25) is 0 Å². The van der Waals surface area contributed by atoms with E-state index in [4.69, 9.17) is 0 Å². The molecule has 4 heteroatoms. The van der Waals surface area contributed by atoms with E-state index in [-0.39, 0.29) is 33.9 Å². The highest BCUT2D eigenvalue weighted by atomic mass is 15.3. The normalized spacial score (nSPS) is 19.6. The van der Waals surface area contributed by atoms with Crippen molar-refractivity contribution >= 4 is 68.6 Å². The summed E-state index contributed by atoms with van der Waals surface area (Å²) in [5.41, 5.74) is 24.9. The molecule has 2 atom stereocenters. The Morgan fingerprint density at radius 1 is 0.471 bits per heavy atom. The average Bonchev–Trinajstić information content (AvgIpc) is 3.50. The predicted octanol–water partition coefficient (Wildman–Crippen LogP) is 15.7. The molecule has 7 aromatic rings. The van der Waals surface area contributed by atoms with Crippen LogP contribution in [-0.2, 0) is 21.7 Å². The molecule has 0 spiro atoms. The molecule has 0 amide bonds. The fraction of sp³-hybridized carbons (Fsp3) is 0.344. The number of rotatable bonds is 4. The summed E-state index contributed by atoms with van der Waals surface area (Å²) >= 11 is 0. The minimum absolute atomic E-state index is 0.00349. The van der Waals surface area contributed by atoms with Crippen LogP contribution in [0, 0.1) is 13.8 Å². The Hall–Kier alpha value is -6.00. The number of aryl methyl sites for hydroxylation is 2. The van der Waals surface area contributed by atoms with Crippen LogP contribution in [0.1, 0.15) is 135 Å². The summed E-state index contributed by atoms with van der Waals surface area (Å²) in [7, 11) is 0. The Labute approximate surface area is 408 Å². The zero-order valence-electron chi connectivity index (χ0n) is 43.0. The highest BCUT2D eigenvalue weighted by Crippen LogP contribution is 2.62. The van der Waals surface area contributed by atoms with Gasteiger partial charge in [0.05, 0.1) is 5.54 Å². The zero-order valence-corrected chi connectivity index (χ0v) is 43.0. The average molecular weight is 892 g/mol. The second-order valence-electron chi connectivity index (χ2n) is 24.4. The Balaban J connectivity index is 1.17. The van der Waals surface area contributed by atoms with Gasteiger partial charge in [0.1, 0.15) is 0 Å². The van der Waals surface area contributed by atoms with Crippen molar-refractivity contribution in [2.75, 3.05) is 14.7 Å². The zero-order chi connectivity index (χ0) is 47.9. The summed E-state index contributed by atoms with van der Waals surface area (Å²) in [6.07, 6.45) is 4.82. The predicted molar refractivity (Wildman–Crippen MR) is 294 cm³/mol. The van der Waals surface area contributed by atoms with E-state index in [9.17, 15) is 0 Å². The Morgan fingerprint density at radius 3 is 1.62 bits per heavy atom. The molecular weight excluding hydrogens is 822 g/mol. The van der Waals surface area contributed by atoms with Crippen LogP contribution in [-0.4, -0.2) is 12.3 Å². The van der Waals surface area contributed by atoms with Gasteiger partial charge < -0.3 is 14.7 Å². The van der Waals surface area contributed by atoms with E-state index >= 15 is 0 Å². The molecule has 0 aromatic heterocycles. The first-order valence-corrected chi connectivity index (χ1v) is 25.4. The van der Waals surface area contributed by atoms with E-state index in [2.05, 4.69) is 244 Å². The van der Waals surface area contributed by atoms with Gasteiger partial charge in [-0.2, -0.15) is 0 Å². The molecule has 3 nitrogen and oxygen atoms in total. The summed E-state index contributed by atoms with van der Waals surface area (Å²) in [5, 5.41) is 0. The van der Waals surface area contributed by atoms with Crippen molar-refractivity contribution in [1.29, 1.82) is 0 Å². The third-order valence-corrected chi connectivity index (χ3v) is 16.9. The molecule has 0 N–H and O–H groups in total. The number of hydrogen-bond donors (Lipinski definition) is 0. The van der Waals surface area contributed by atoms with E-state index in [1.807, 2.05) is 0 Å². The lowest BCUT2D eigenvalue weighted by molar-refractivity contribution is 0.195. The molecule has 0 saturated heterocycles. The molecule has 0 radical (unpaired) electrons. The standard InChI is InChI=1S/C64H70BN3/c1-41-36-57-59-58(37-41)67(48-28-23-45(24-29-48)61(6,7)8)56-40-49(68-54-32-20-43(50-19-15-14-18-42(50)2)38-51(54)63(12)34-16-17-35-64(63,68)13)30-31-52(56)65(59)53-39-46(62(9,10)11)25-33-55(53)66(57)47-26-21-44(22-27-47)60(3,4)5/h14-15,18-33,36-40H,16-17,34-35H2,1-13H3. The summed E-state index contributed by atoms with van der Waals surface area (Å²) in [4.78, 5) is 7.96. The van der Waals surface area contributed by atoms with Gasteiger partial charge in [-0.3, -0.25) is 0 Å². The van der Waals surface area contributed by atoms with E-state index in [0.29, 0.717) is 0 Å². The van der Waals surface area contributed by atoms with Crippen LogP contribution in [0.25, 0.3) is 11.1 Å². The molecule has 0 bridgehead atoms. The van der Waals surface area contributed by atoms with Crippen LogP contribution in [0.15, 0.2) is 140 Å². The minimum atomic E-state index is -0.0935. The summed E-state index contributed by atoms with van der Waals surface area (Å²) < 4.78 is 0. The van der Waals surface area contributed by atoms with E-state index in [1.54, 1.807) is 0 Å². The minimum Gasteiger partial charge on any atom is -0.334 e. The first-order valence-electron chi connectivity index (χ1n) is 25.4. The molecule has 1 saturated carbocycles. The topological polar surface area (TPSA) is 9.72 Å². The number of fused-ring (bicyclic) bond motifs is 7. The number of hydrogen-bond acceptors (Lipinski definition) is 3. The molecule has 1 fully saturated rings. The third-order valence-electron chi connectivity index (χ3n) is 16.9. The summed E-state index contributed by atoms with van der Waals surface area (Å²) in [6, 6.07) is 54.9. The molecule has 11 rings (SSSR count). The van der Waals surface area contributed by atoms with Crippen molar-refractivity contribution < 1.29 is 0 Å². The van der Waals surface area contributed by atoms with Gasteiger partial charge >= 0.3 is 0 Å². The van der Waals surface area contributed by atoms with Gasteiger partial charge in [0, 0.05) is 50.9 Å². The lowest BCUT2D eigenvalue weighted by Gasteiger charge is -2.50. The van der Waals surface area contributed by atoms with Crippen LogP contribution >= 0.6 is 0 Å². The fourth-order valence-electron chi connectivity index (χ4n) is 12.7. The van der Waals surface area contributed by atoms with E-state index < -0.39 is 0 Å².